The standard InChI is InChI=1S/C14H20N4O3/c1-17(8-12-16-15-11-3-2-6-18(11)12)13(19)9-4-5-10(7-9)14(20)21/h9-10H,2-8H2,1H3,(H,20,21)/t9-,10+/m1/s1. The van der Waals surface area contributed by atoms with Gasteiger partial charge in [0.15, 0.2) is 5.82 Å². The summed E-state index contributed by atoms with van der Waals surface area (Å²) >= 11 is 0. The fourth-order valence-electron chi connectivity index (χ4n) is 3.36. The molecule has 3 rings (SSSR count). The Kier molecular flexibility index (Phi) is 3.65. The third-order valence-electron chi connectivity index (χ3n) is 4.57. The molecule has 1 aromatic rings. The van der Waals surface area contributed by atoms with E-state index in [1.807, 2.05) is 0 Å². The first-order valence-corrected chi connectivity index (χ1v) is 7.45. The van der Waals surface area contributed by atoms with Crippen LogP contribution in [0.5, 0.6) is 0 Å². The SMILES string of the molecule is CN(Cc1nnc2n1CCC2)C(=O)[C@@H]1CC[C@H](C(=O)O)C1. The molecule has 1 aliphatic carbocycles. The highest BCUT2D eigenvalue weighted by molar-refractivity contribution is 5.80. The second-order valence-corrected chi connectivity index (χ2v) is 6.03. The summed E-state index contributed by atoms with van der Waals surface area (Å²) in [4.78, 5) is 25.0. The van der Waals surface area contributed by atoms with Crippen LogP contribution in [-0.4, -0.2) is 43.7 Å². The quantitative estimate of drug-likeness (QED) is 0.881. The molecule has 0 saturated heterocycles. The van der Waals surface area contributed by atoms with Gasteiger partial charge < -0.3 is 14.6 Å². The predicted octanol–water partition coefficient (Wildman–Crippen LogP) is 0.684. The van der Waals surface area contributed by atoms with Gasteiger partial charge in [0.25, 0.3) is 0 Å². The number of carboxylic acids is 1. The van der Waals surface area contributed by atoms with Gasteiger partial charge in [0.05, 0.1) is 12.5 Å². The summed E-state index contributed by atoms with van der Waals surface area (Å²) in [6.45, 7) is 1.37. The zero-order valence-corrected chi connectivity index (χ0v) is 12.2. The molecule has 1 N–H and O–H groups in total. The van der Waals surface area contributed by atoms with Gasteiger partial charge in [0.1, 0.15) is 5.82 Å². The van der Waals surface area contributed by atoms with E-state index in [2.05, 4.69) is 14.8 Å². The number of amides is 1. The van der Waals surface area contributed by atoms with Gasteiger partial charge in [-0.1, -0.05) is 0 Å². The number of rotatable bonds is 4. The van der Waals surface area contributed by atoms with Gasteiger partial charge in [-0.2, -0.15) is 0 Å². The van der Waals surface area contributed by atoms with E-state index in [1.165, 1.54) is 0 Å². The molecule has 0 spiro atoms. The summed E-state index contributed by atoms with van der Waals surface area (Å²) in [5, 5.41) is 17.3. The lowest BCUT2D eigenvalue weighted by atomic mass is 10.0. The molecule has 1 saturated carbocycles. The van der Waals surface area contributed by atoms with Gasteiger partial charge in [-0.05, 0) is 25.7 Å². The van der Waals surface area contributed by atoms with Crippen LogP contribution in [0.3, 0.4) is 0 Å². The number of aliphatic carboxylic acids is 1. The largest absolute Gasteiger partial charge is 0.481 e. The molecule has 2 aliphatic rings. The molecule has 1 fully saturated rings. The average Bonchev–Trinajstić information content (AvgIpc) is 3.15. The molecule has 0 unspecified atom stereocenters. The van der Waals surface area contributed by atoms with E-state index in [4.69, 9.17) is 5.11 Å². The lowest BCUT2D eigenvalue weighted by Gasteiger charge is -2.20. The highest BCUT2D eigenvalue weighted by Gasteiger charge is 2.35. The normalized spacial score (nSPS) is 24.0. The van der Waals surface area contributed by atoms with Gasteiger partial charge in [0, 0.05) is 25.9 Å². The Hall–Kier alpha value is -1.92. The number of carbonyl (C=O) groups is 2. The molecule has 1 aromatic heterocycles. The summed E-state index contributed by atoms with van der Waals surface area (Å²) in [5.74, 6) is 0.517. The summed E-state index contributed by atoms with van der Waals surface area (Å²) in [5.41, 5.74) is 0. The van der Waals surface area contributed by atoms with Crippen molar-refractivity contribution in [1.82, 2.24) is 19.7 Å². The Balaban J connectivity index is 1.61. The second kappa shape index (κ2) is 5.46. The Morgan fingerprint density at radius 3 is 2.81 bits per heavy atom. The van der Waals surface area contributed by atoms with Crippen LogP contribution >= 0.6 is 0 Å². The van der Waals surface area contributed by atoms with Crippen LogP contribution < -0.4 is 0 Å². The molecule has 21 heavy (non-hydrogen) atoms. The molecule has 1 amide bonds. The molecule has 114 valence electrons. The van der Waals surface area contributed by atoms with Gasteiger partial charge in [-0.3, -0.25) is 9.59 Å². The van der Waals surface area contributed by atoms with Crippen LogP contribution in [0.2, 0.25) is 0 Å². The number of carbonyl (C=O) groups excluding carboxylic acids is 1. The number of hydrogen-bond donors (Lipinski definition) is 1. The maximum atomic E-state index is 12.4. The molecule has 2 heterocycles. The number of nitrogens with zero attached hydrogens (tertiary/aromatic N) is 4. The predicted molar refractivity (Wildman–Crippen MR) is 73.3 cm³/mol. The smallest absolute Gasteiger partial charge is 0.306 e. The van der Waals surface area contributed by atoms with Gasteiger partial charge in [0.2, 0.25) is 5.91 Å². The molecule has 0 aromatic carbocycles. The van der Waals surface area contributed by atoms with Crippen LogP contribution in [-0.2, 0) is 29.1 Å². The van der Waals surface area contributed by atoms with Crippen LogP contribution in [0.1, 0.15) is 37.3 Å². The van der Waals surface area contributed by atoms with E-state index in [9.17, 15) is 9.59 Å². The lowest BCUT2D eigenvalue weighted by Crippen LogP contribution is -2.32. The Morgan fingerprint density at radius 1 is 1.33 bits per heavy atom. The number of fused-ring (bicyclic) bond motifs is 1. The number of hydrogen-bond acceptors (Lipinski definition) is 4. The third-order valence-corrected chi connectivity index (χ3v) is 4.57. The minimum Gasteiger partial charge on any atom is -0.481 e. The van der Waals surface area contributed by atoms with E-state index in [1.54, 1.807) is 11.9 Å². The summed E-state index contributed by atoms with van der Waals surface area (Å²) in [7, 11) is 1.76. The Labute approximate surface area is 123 Å². The topological polar surface area (TPSA) is 88.3 Å². The van der Waals surface area contributed by atoms with Crippen LogP contribution in [0.25, 0.3) is 0 Å². The second-order valence-electron chi connectivity index (χ2n) is 6.03. The van der Waals surface area contributed by atoms with E-state index in [0.29, 0.717) is 25.8 Å². The van der Waals surface area contributed by atoms with Gasteiger partial charge in [-0.25, -0.2) is 0 Å². The molecule has 0 radical (unpaired) electrons. The van der Waals surface area contributed by atoms with Gasteiger partial charge in [-0.15, -0.1) is 10.2 Å². The van der Waals surface area contributed by atoms with Crippen molar-refractivity contribution in [1.29, 1.82) is 0 Å². The molecule has 1 aliphatic heterocycles. The van der Waals surface area contributed by atoms with E-state index < -0.39 is 5.97 Å². The molecule has 0 bridgehead atoms. The summed E-state index contributed by atoms with van der Waals surface area (Å²) < 4.78 is 2.08. The summed E-state index contributed by atoms with van der Waals surface area (Å²) in [6, 6.07) is 0. The van der Waals surface area contributed by atoms with Crippen molar-refractivity contribution < 1.29 is 14.7 Å². The zero-order valence-electron chi connectivity index (χ0n) is 12.2. The lowest BCUT2D eigenvalue weighted by molar-refractivity contribution is -0.141. The van der Waals surface area contributed by atoms with E-state index in [-0.39, 0.29) is 17.7 Å². The van der Waals surface area contributed by atoms with Crippen LogP contribution in [0.4, 0.5) is 0 Å². The third kappa shape index (κ3) is 2.64. The van der Waals surface area contributed by atoms with E-state index >= 15 is 0 Å². The van der Waals surface area contributed by atoms with Crippen LogP contribution in [0.15, 0.2) is 0 Å². The Bertz CT molecular complexity index is 569. The summed E-state index contributed by atoms with van der Waals surface area (Å²) in [6.07, 6.45) is 3.75. The van der Waals surface area contributed by atoms with Crippen molar-refractivity contribution in [3.63, 3.8) is 0 Å². The van der Waals surface area contributed by atoms with Crippen molar-refractivity contribution in [3.8, 4) is 0 Å². The molecule has 7 heteroatoms. The Morgan fingerprint density at radius 2 is 2.10 bits per heavy atom. The van der Waals surface area contributed by atoms with Crippen molar-refractivity contribution in [2.45, 2.75) is 45.2 Å². The molecule has 2 atom stereocenters. The highest BCUT2D eigenvalue weighted by atomic mass is 16.4. The number of aryl methyl sites for hydroxylation is 1. The fraction of sp³-hybridized carbons (Fsp3) is 0.714. The van der Waals surface area contributed by atoms with Gasteiger partial charge >= 0.3 is 5.97 Å². The zero-order chi connectivity index (χ0) is 15.0. The molecule has 7 nitrogen and oxygen atoms in total. The monoisotopic (exact) mass is 292 g/mol. The minimum atomic E-state index is -0.789. The minimum absolute atomic E-state index is 0.0223. The maximum Gasteiger partial charge on any atom is 0.306 e. The molecular weight excluding hydrogens is 272 g/mol. The van der Waals surface area contributed by atoms with Crippen molar-refractivity contribution in [2.75, 3.05) is 7.05 Å². The van der Waals surface area contributed by atoms with E-state index in [0.717, 1.165) is 31.0 Å². The average molecular weight is 292 g/mol. The number of carboxylic acid groups (broad SMARTS) is 1. The first-order valence-electron chi connectivity index (χ1n) is 7.45. The van der Waals surface area contributed by atoms with Crippen molar-refractivity contribution in [2.24, 2.45) is 11.8 Å². The highest BCUT2D eigenvalue weighted by Crippen LogP contribution is 2.32. The van der Waals surface area contributed by atoms with Crippen molar-refractivity contribution in [3.05, 3.63) is 11.6 Å². The van der Waals surface area contributed by atoms with Crippen LogP contribution in [0, 0.1) is 11.8 Å². The number of aromatic nitrogens is 3. The maximum absolute atomic E-state index is 12.4. The van der Waals surface area contributed by atoms with Crippen molar-refractivity contribution >= 4 is 11.9 Å². The first kappa shape index (κ1) is 14.0. The molecular formula is C14H20N4O3. The fourth-order valence-corrected chi connectivity index (χ4v) is 3.36. The first-order chi connectivity index (χ1) is 10.1.